The fourth-order valence-corrected chi connectivity index (χ4v) is 5.30. The Kier molecular flexibility index (Phi) is 7.20. The van der Waals surface area contributed by atoms with E-state index in [9.17, 15) is 27.6 Å². The number of carbonyl (C=O) groups is 2. The SMILES string of the molecule is CC1CCC(C)N2CC1n1cc(C(=O)NCc3c(F)cc(F)cc3F)c(=O)c(OCc3ccccc3)c1C2=O. The molecule has 0 spiro atoms. The molecule has 3 heterocycles. The standard InChI is InChI=1S/C29H28F3N3O4/c1-16-8-9-17(2)34-14-24(16)35-13-21(28(37)33-12-20-22(31)10-19(30)11-23(20)32)26(36)27(25(35)29(34)38)39-15-18-6-4-3-5-7-18/h3-7,10-11,13,16-17,24H,8-9,12,14-15H2,1-2H3,(H,33,37). The number of carbonyl (C=O) groups excluding carboxylic acids is 2. The molecular formula is C29H28F3N3O4. The maximum absolute atomic E-state index is 14.1. The smallest absolute Gasteiger partial charge is 0.274 e. The van der Waals surface area contributed by atoms with Gasteiger partial charge in [0.05, 0.1) is 6.04 Å². The van der Waals surface area contributed by atoms with E-state index in [4.69, 9.17) is 4.74 Å². The molecule has 2 amide bonds. The predicted molar refractivity (Wildman–Crippen MR) is 137 cm³/mol. The number of rotatable bonds is 6. The lowest BCUT2D eigenvalue weighted by molar-refractivity contribution is 0.0587. The van der Waals surface area contributed by atoms with E-state index in [2.05, 4.69) is 12.2 Å². The van der Waals surface area contributed by atoms with Crippen molar-refractivity contribution in [3.63, 3.8) is 0 Å². The summed E-state index contributed by atoms with van der Waals surface area (Å²) in [5.74, 6) is -4.76. The Morgan fingerprint density at radius 1 is 1.05 bits per heavy atom. The Balaban J connectivity index is 1.56. The molecule has 7 nitrogen and oxygen atoms in total. The molecule has 204 valence electrons. The Labute approximate surface area is 223 Å². The summed E-state index contributed by atoms with van der Waals surface area (Å²) in [5, 5.41) is 2.36. The van der Waals surface area contributed by atoms with Gasteiger partial charge in [0.2, 0.25) is 5.43 Å². The first kappa shape index (κ1) is 26.5. The molecule has 3 unspecified atom stereocenters. The second kappa shape index (κ2) is 10.6. The number of pyridine rings is 1. The van der Waals surface area contributed by atoms with Crippen LogP contribution in [0.15, 0.2) is 53.5 Å². The van der Waals surface area contributed by atoms with Crippen LogP contribution in [-0.4, -0.2) is 33.9 Å². The third kappa shape index (κ3) is 5.03. The fraction of sp³-hybridized carbons (Fsp3) is 0.345. The van der Waals surface area contributed by atoms with Gasteiger partial charge in [-0.2, -0.15) is 0 Å². The summed E-state index contributed by atoms with van der Waals surface area (Å²) in [4.78, 5) is 42.2. The van der Waals surface area contributed by atoms with Gasteiger partial charge in [-0.3, -0.25) is 14.4 Å². The highest BCUT2D eigenvalue weighted by atomic mass is 19.1. The second-order valence-electron chi connectivity index (χ2n) is 10.2. The summed E-state index contributed by atoms with van der Waals surface area (Å²) in [6.45, 7) is 3.83. The largest absolute Gasteiger partial charge is 0.483 e. The molecule has 1 saturated heterocycles. The molecule has 0 radical (unpaired) electrons. The monoisotopic (exact) mass is 539 g/mol. The van der Waals surface area contributed by atoms with Crippen LogP contribution in [0.25, 0.3) is 0 Å². The Morgan fingerprint density at radius 3 is 2.44 bits per heavy atom. The number of halogens is 3. The molecule has 2 aliphatic rings. The third-order valence-corrected chi connectivity index (χ3v) is 7.63. The zero-order valence-electron chi connectivity index (χ0n) is 21.5. The highest BCUT2D eigenvalue weighted by Gasteiger charge is 2.41. The van der Waals surface area contributed by atoms with Crippen LogP contribution in [-0.2, 0) is 13.2 Å². The summed E-state index contributed by atoms with van der Waals surface area (Å²) >= 11 is 0. The minimum absolute atomic E-state index is 0.0107. The summed E-state index contributed by atoms with van der Waals surface area (Å²) in [7, 11) is 0. The number of benzene rings is 2. The molecule has 3 aromatic rings. The number of ether oxygens (including phenoxy) is 1. The first-order valence-corrected chi connectivity index (χ1v) is 12.8. The van der Waals surface area contributed by atoms with Crippen LogP contribution >= 0.6 is 0 Å². The number of fused-ring (bicyclic) bond motifs is 4. The first-order chi connectivity index (χ1) is 18.7. The van der Waals surface area contributed by atoms with Crippen molar-refractivity contribution in [1.29, 1.82) is 0 Å². The molecule has 2 bridgehead atoms. The number of nitrogens with zero attached hydrogens (tertiary/aromatic N) is 2. The van der Waals surface area contributed by atoms with Crippen LogP contribution < -0.4 is 15.5 Å². The molecule has 0 saturated carbocycles. The predicted octanol–water partition coefficient (Wildman–Crippen LogP) is 4.59. The van der Waals surface area contributed by atoms with Crippen molar-refractivity contribution in [2.45, 2.75) is 51.9 Å². The van der Waals surface area contributed by atoms with Crippen molar-refractivity contribution >= 4 is 11.8 Å². The molecule has 10 heteroatoms. The highest BCUT2D eigenvalue weighted by Crippen LogP contribution is 2.37. The van der Waals surface area contributed by atoms with Crippen molar-refractivity contribution in [3.8, 4) is 5.75 Å². The molecule has 39 heavy (non-hydrogen) atoms. The normalized spacial score (nSPS) is 20.3. The van der Waals surface area contributed by atoms with Crippen LogP contribution in [0.4, 0.5) is 13.2 Å². The van der Waals surface area contributed by atoms with E-state index in [1.165, 1.54) is 6.20 Å². The van der Waals surface area contributed by atoms with Crippen molar-refractivity contribution < 1.29 is 27.5 Å². The summed E-state index contributed by atoms with van der Waals surface area (Å²) in [6, 6.07) is 9.87. The molecule has 1 fully saturated rings. The summed E-state index contributed by atoms with van der Waals surface area (Å²) < 4.78 is 49.2. The van der Waals surface area contributed by atoms with E-state index in [0.717, 1.165) is 18.4 Å². The Bertz CT molecular complexity index is 1470. The topological polar surface area (TPSA) is 80.6 Å². The minimum atomic E-state index is -1.16. The lowest BCUT2D eigenvalue weighted by Gasteiger charge is -2.39. The van der Waals surface area contributed by atoms with Gasteiger partial charge in [0.25, 0.3) is 11.8 Å². The van der Waals surface area contributed by atoms with E-state index < -0.39 is 40.9 Å². The summed E-state index contributed by atoms with van der Waals surface area (Å²) in [6.07, 6.45) is 2.97. The van der Waals surface area contributed by atoms with Crippen molar-refractivity contribution in [2.24, 2.45) is 5.92 Å². The van der Waals surface area contributed by atoms with Crippen molar-refractivity contribution in [1.82, 2.24) is 14.8 Å². The van der Waals surface area contributed by atoms with Crippen LogP contribution in [0.3, 0.4) is 0 Å². The molecule has 2 aromatic carbocycles. The molecule has 1 N–H and O–H groups in total. The molecule has 1 aromatic heterocycles. The van der Waals surface area contributed by atoms with Gasteiger partial charge in [-0.25, -0.2) is 13.2 Å². The third-order valence-electron chi connectivity index (χ3n) is 7.63. The van der Waals surface area contributed by atoms with E-state index in [1.807, 2.05) is 37.3 Å². The van der Waals surface area contributed by atoms with E-state index in [1.54, 1.807) is 9.47 Å². The van der Waals surface area contributed by atoms with Crippen LogP contribution in [0.2, 0.25) is 0 Å². The molecular weight excluding hydrogens is 511 g/mol. The van der Waals surface area contributed by atoms with Crippen molar-refractivity contribution in [2.75, 3.05) is 6.54 Å². The van der Waals surface area contributed by atoms with E-state index in [-0.39, 0.29) is 47.5 Å². The maximum Gasteiger partial charge on any atom is 0.274 e. The van der Waals surface area contributed by atoms with Gasteiger partial charge < -0.3 is 19.5 Å². The molecule has 3 atom stereocenters. The minimum Gasteiger partial charge on any atom is -0.483 e. The van der Waals surface area contributed by atoms with Crippen LogP contribution in [0, 0.1) is 23.4 Å². The Morgan fingerprint density at radius 2 is 1.74 bits per heavy atom. The average molecular weight is 540 g/mol. The lowest BCUT2D eigenvalue weighted by Crippen LogP contribution is -2.48. The molecule has 2 aliphatic heterocycles. The zero-order chi connectivity index (χ0) is 27.8. The van der Waals surface area contributed by atoms with Gasteiger partial charge >= 0.3 is 0 Å². The quantitative estimate of drug-likeness (QED) is 0.497. The fourth-order valence-electron chi connectivity index (χ4n) is 5.30. The van der Waals surface area contributed by atoms with Gasteiger partial charge in [0.1, 0.15) is 29.6 Å². The van der Waals surface area contributed by atoms with Gasteiger partial charge in [-0.15, -0.1) is 0 Å². The number of amides is 2. The van der Waals surface area contributed by atoms with Gasteiger partial charge in [-0.05, 0) is 31.2 Å². The van der Waals surface area contributed by atoms with E-state index in [0.29, 0.717) is 18.7 Å². The first-order valence-electron chi connectivity index (χ1n) is 12.8. The summed E-state index contributed by atoms with van der Waals surface area (Å²) in [5.41, 5.74) is -0.824. The highest BCUT2D eigenvalue weighted by molar-refractivity contribution is 5.99. The van der Waals surface area contributed by atoms with Gasteiger partial charge in [0.15, 0.2) is 11.4 Å². The van der Waals surface area contributed by atoms with Crippen LogP contribution in [0.5, 0.6) is 5.75 Å². The average Bonchev–Trinajstić information content (AvgIpc) is 3.03. The second-order valence-corrected chi connectivity index (χ2v) is 10.2. The van der Waals surface area contributed by atoms with Crippen molar-refractivity contribution in [3.05, 3.63) is 98.7 Å². The molecule has 0 aliphatic carbocycles. The maximum atomic E-state index is 14.1. The number of nitrogens with one attached hydrogen (secondary N) is 1. The van der Waals surface area contributed by atoms with Gasteiger partial charge in [0, 0.05) is 43.0 Å². The number of aromatic nitrogens is 1. The van der Waals surface area contributed by atoms with E-state index >= 15 is 0 Å². The van der Waals surface area contributed by atoms with Crippen LogP contribution in [0.1, 0.15) is 64.7 Å². The van der Waals surface area contributed by atoms with Gasteiger partial charge in [-0.1, -0.05) is 37.3 Å². The lowest BCUT2D eigenvalue weighted by atomic mass is 9.95. The number of hydrogen-bond acceptors (Lipinski definition) is 4. The molecule has 5 rings (SSSR count). The zero-order valence-corrected chi connectivity index (χ0v) is 21.5. The Hall–Kier alpha value is -4.08. The number of hydrogen-bond donors (Lipinski definition) is 1.